The monoisotopic (exact) mass is 241 g/mol. The van der Waals surface area contributed by atoms with E-state index in [2.05, 4.69) is 24.5 Å². The largest absolute Gasteiger partial charge is 0.355 e. The van der Waals surface area contributed by atoms with Gasteiger partial charge in [-0.3, -0.25) is 4.79 Å². The Morgan fingerprint density at radius 2 is 2.06 bits per heavy atom. The van der Waals surface area contributed by atoms with Crippen molar-refractivity contribution in [1.29, 1.82) is 0 Å². The molecule has 0 bridgehead atoms. The lowest BCUT2D eigenvalue weighted by atomic mass is 9.84. The van der Waals surface area contributed by atoms with Crippen molar-refractivity contribution < 1.29 is 4.79 Å². The summed E-state index contributed by atoms with van der Waals surface area (Å²) in [6.45, 7) is 6.10. The van der Waals surface area contributed by atoms with E-state index in [1.807, 2.05) is 0 Å². The van der Waals surface area contributed by atoms with Crippen LogP contribution in [0, 0.1) is 11.8 Å². The summed E-state index contributed by atoms with van der Waals surface area (Å²) in [4.78, 5) is 11.6. The molecule has 100 valence electrons. The van der Waals surface area contributed by atoms with Gasteiger partial charge >= 0.3 is 0 Å². The first-order valence-corrected chi connectivity index (χ1v) is 6.83. The van der Waals surface area contributed by atoms with Crippen molar-refractivity contribution >= 4 is 5.91 Å². The zero-order valence-corrected chi connectivity index (χ0v) is 11.2. The quantitative estimate of drug-likeness (QED) is 0.646. The van der Waals surface area contributed by atoms with Gasteiger partial charge in [-0.05, 0) is 31.2 Å². The molecule has 4 nitrogen and oxygen atoms in total. The zero-order valence-electron chi connectivity index (χ0n) is 11.2. The molecule has 1 saturated carbocycles. The van der Waals surface area contributed by atoms with Crippen LogP contribution >= 0.6 is 0 Å². The van der Waals surface area contributed by atoms with Crippen molar-refractivity contribution in [2.24, 2.45) is 17.6 Å². The van der Waals surface area contributed by atoms with E-state index < -0.39 is 0 Å². The summed E-state index contributed by atoms with van der Waals surface area (Å²) in [5.74, 6) is 1.15. The van der Waals surface area contributed by atoms with E-state index in [0.29, 0.717) is 24.4 Å². The molecule has 4 heteroatoms. The first-order valence-electron chi connectivity index (χ1n) is 6.83. The van der Waals surface area contributed by atoms with Gasteiger partial charge in [0.25, 0.3) is 0 Å². The third-order valence-corrected chi connectivity index (χ3v) is 3.44. The number of rotatable bonds is 6. The highest BCUT2D eigenvalue weighted by Gasteiger charge is 2.23. The van der Waals surface area contributed by atoms with E-state index in [9.17, 15) is 4.79 Å². The summed E-state index contributed by atoms with van der Waals surface area (Å²) < 4.78 is 0. The Hall–Kier alpha value is -0.610. The highest BCUT2D eigenvalue weighted by molar-refractivity contribution is 5.77. The number of nitrogens with one attached hydrogen (secondary N) is 2. The van der Waals surface area contributed by atoms with Gasteiger partial charge in [-0.1, -0.05) is 26.7 Å². The summed E-state index contributed by atoms with van der Waals surface area (Å²) in [6.07, 6.45) is 4.88. The van der Waals surface area contributed by atoms with Crippen molar-refractivity contribution in [1.82, 2.24) is 10.6 Å². The van der Waals surface area contributed by atoms with Crippen molar-refractivity contribution in [3.05, 3.63) is 0 Å². The third kappa shape index (κ3) is 5.50. The lowest BCUT2D eigenvalue weighted by Crippen LogP contribution is -2.46. The van der Waals surface area contributed by atoms with E-state index in [0.717, 1.165) is 19.5 Å². The molecule has 0 aromatic carbocycles. The molecular formula is C13H27N3O. The topological polar surface area (TPSA) is 67.2 Å². The SMILES string of the molecule is CC(C)CNC(=O)CNC1CCCCC1CN. The minimum atomic E-state index is 0.0973. The Balaban J connectivity index is 2.21. The number of carbonyl (C=O) groups is 1. The Bertz CT molecular complexity index is 231. The molecule has 4 N–H and O–H groups in total. The molecule has 17 heavy (non-hydrogen) atoms. The second-order valence-electron chi connectivity index (χ2n) is 5.47. The Morgan fingerprint density at radius 1 is 1.35 bits per heavy atom. The van der Waals surface area contributed by atoms with Crippen LogP contribution in [0.25, 0.3) is 0 Å². The number of amides is 1. The van der Waals surface area contributed by atoms with Gasteiger partial charge in [-0.2, -0.15) is 0 Å². The molecule has 1 amide bonds. The molecule has 1 fully saturated rings. The number of nitrogens with two attached hydrogens (primary N) is 1. The molecule has 0 radical (unpaired) electrons. The maximum atomic E-state index is 11.6. The fraction of sp³-hybridized carbons (Fsp3) is 0.923. The lowest BCUT2D eigenvalue weighted by molar-refractivity contribution is -0.120. The molecule has 0 aromatic rings. The first kappa shape index (κ1) is 14.5. The van der Waals surface area contributed by atoms with E-state index >= 15 is 0 Å². The summed E-state index contributed by atoms with van der Waals surface area (Å²) in [5, 5.41) is 6.28. The van der Waals surface area contributed by atoms with Crippen LogP contribution < -0.4 is 16.4 Å². The number of hydrogen-bond donors (Lipinski definition) is 3. The number of carbonyl (C=O) groups excluding carboxylic acids is 1. The van der Waals surface area contributed by atoms with Crippen LogP contribution in [0.3, 0.4) is 0 Å². The maximum Gasteiger partial charge on any atom is 0.233 e. The zero-order chi connectivity index (χ0) is 12.7. The van der Waals surface area contributed by atoms with Crippen LogP contribution in [-0.2, 0) is 4.79 Å². The van der Waals surface area contributed by atoms with Gasteiger partial charge in [-0.15, -0.1) is 0 Å². The van der Waals surface area contributed by atoms with Crippen molar-refractivity contribution in [3.63, 3.8) is 0 Å². The van der Waals surface area contributed by atoms with Crippen molar-refractivity contribution in [2.75, 3.05) is 19.6 Å². The normalized spacial score (nSPS) is 24.9. The fourth-order valence-electron chi connectivity index (χ4n) is 2.36. The van der Waals surface area contributed by atoms with E-state index in [-0.39, 0.29) is 5.91 Å². The van der Waals surface area contributed by atoms with E-state index in [1.165, 1.54) is 19.3 Å². The van der Waals surface area contributed by atoms with Crippen LogP contribution in [0.2, 0.25) is 0 Å². The number of hydrogen-bond acceptors (Lipinski definition) is 3. The average molecular weight is 241 g/mol. The fourth-order valence-corrected chi connectivity index (χ4v) is 2.36. The van der Waals surface area contributed by atoms with Crippen molar-refractivity contribution in [2.45, 2.75) is 45.6 Å². The molecule has 0 aliphatic heterocycles. The van der Waals surface area contributed by atoms with Gasteiger partial charge < -0.3 is 16.4 Å². The second kappa shape index (κ2) is 7.67. The molecule has 1 aliphatic rings. The molecule has 1 aliphatic carbocycles. The Labute approximate surface area is 105 Å². The van der Waals surface area contributed by atoms with Gasteiger partial charge in [0.1, 0.15) is 0 Å². The van der Waals surface area contributed by atoms with Gasteiger partial charge in [0, 0.05) is 12.6 Å². The predicted octanol–water partition coefficient (Wildman–Crippen LogP) is 0.866. The molecule has 2 unspecified atom stereocenters. The average Bonchev–Trinajstić information content (AvgIpc) is 2.34. The Morgan fingerprint density at radius 3 is 2.71 bits per heavy atom. The Kier molecular flexibility index (Phi) is 6.52. The summed E-state index contributed by atoms with van der Waals surface area (Å²) in [5.41, 5.74) is 5.76. The summed E-state index contributed by atoms with van der Waals surface area (Å²) >= 11 is 0. The van der Waals surface area contributed by atoms with Crippen LogP contribution in [0.5, 0.6) is 0 Å². The predicted molar refractivity (Wildman–Crippen MR) is 70.7 cm³/mol. The molecule has 0 spiro atoms. The van der Waals surface area contributed by atoms with Gasteiger partial charge in [0.2, 0.25) is 5.91 Å². The summed E-state index contributed by atoms with van der Waals surface area (Å²) in [7, 11) is 0. The summed E-state index contributed by atoms with van der Waals surface area (Å²) in [6, 6.07) is 0.429. The molecule has 0 aromatic heterocycles. The first-order chi connectivity index (χ1) is 8.13. The van der Waals surface area contributed by atoms with Crippen LogP contribution in [0.1, 0.15) is 39.5 Å². The van der Waals surface area contributed by atoms with Gasteiger partial charge in [0.05, 0.1) is 6.54 Å². The minimum absolute atomic E-state index is 0.0973. The molecule has 0 heterocycles. The smallest absolute Gasteiger partial charge is 0.233 e. The van der Waals surface area contributed by atoms with Gasteiger partial charge in [0.15, 0.2) is 0 Å². The molecule has 1 rings (SSSR count). The highest BCUT2D eigenvalue weighted by atomic mass is 16.1. The van der Waals surface area contributed by atoms with Crippen LogP contribution in [0.15, 0.2) is 0 Å². The third-order valence-electron chi connectivity index (χ3n) is 3.44. The van der Waals surface area contributed by atoms with Crippen molar-refractivity contribution in [3.8, 4) is 0 Å². The highest BCUT2D eigenvalue weighted by Crippen LogP contribution is 2.23. The van der Waals surface area contributed by atoms with Crippen LogP contribution in [0.4, 0.5) is 0 Å². The molecular weight excluding hydrogens is 214 g/mol. The van der Waals surface area contributed by atoms with Crippen LogP contribution in [-0.4, -0.2) is 31.6 Å². The van der Waals surface area contributed by atoms with E-state index in [4.69, 9.17) is 5.73 Å². The van der Waals surface area contributed by atoms with Gasteiger partial charge in [-0.25, -0.2) is 0 Å². The molecule has 0 saturated heterocycles. The lowest BCUT2D eigenvalue weighted by Gasteiger charge is -2.31. The molecule has 2 atom stereocenters. The minimum Gasteiger partial charge on any atom is -0.355 e. The standard InChI is InChI=1S/C13H27N3O/c1-10(2)8-16-13(17)9-15-12-6-4-3-5-11(12)7-14/h10-12,15H,3-9,14H2,1-2H3,(H,16,17). The van der Waals surface area contributed by atoms with E-state index in [1.54, 1.807) is 0 Å². The maximum absolute atomic E-state index is 11.6. The second-order valence-corrected chi connectivity index (χ2v) is 5.47.